The van der Waals surface area contributed by atoms with Gasteiger partial charge < -0.3 is 24.8 Å². The summed E-state index contributed by atoms with van der Waals surface area (Å²) in [5, 5.41) is 16.0. The van der Waals surface area contributed by atoms with E-state index in [2.05, 4.69) is 14.4 Å². The fourth-order valence-electron chi connectivity index (χ4n) is 5.46. The molecular formula is C25H30N4O8S3. The number of aliphatic hydroxyl groups is 1. The van der Waals surface area contributed by atoms with Crippen LogP contribution in [0, 0.1) is 5.92 Å². The van der Waals surface area contributed by atoms with Gasteiger partial charge in [-0.3, -0.25) is 4.79 Å². The number of sulfonamides is 2. The first kappa shape index (κ1) is 28.4. The van der Waals surface area contributed by atoms with Crippen molar-refractivity contribution >= 4 is 48.1 Å². The van der Waals surface area contributed by atoms with Crippen LogP contribution in [0.4, 0.5) is 5.00 Å². The lowest BCUT2D eigenvalue weighted by molar-refractivity contribution is -0.133. The second kappa shape index (κ2) is 10.7. The number of methoxy groups -OCH3 is 2. The number of amides is 1. The van der Waals surface area contributed by atoms with Crippen LogP contribution in [0.15, 0.2) is 44.2 Å². The van der Waals surface area contributed by atoms with Crippen LogP contribution in [0.25, 0.3) is 0 Å². The number of thiophene rings is 1. The number of hydrogen-bond acceptors (Lipinski definition) is 10. The van der Waals surface area contributed by atoms with Gasteiger partial charge in [-0.2, -0.15) is 8.42 Å². The van der Waals surface area contributed by atoms with E-state index in [9.17, 15) is 26.7 Å². The number of nitrogens with zero attached hydrogens (tertiary/aromatic N) is 2. The van der Waals surface area contributed by atoms with Crippen molar-refractivity contribution in [1.82, 2.24) is 9.62 Å². The topological polar surface area (TPSA) is 164 Å². The average Bonchev–Trinajstić information content (AvgIpc) is 3.33. The molecule has 0 saturated heterocycles. The van der Waals surface area contributed by atoms with Crippen LogP contribution in [0.5, 0.6) is 11.5 Å². The maximum absolute atomic E-state index is 14.0. The number of aliphatic hydroxyl groups excluding tert-OH is 1. The lowest BCUT2D eigenvalue weighted by Gasteiger charge is -2.44. The fourth-order valence-corrected chi connectivity index (χ4v) is 8.48. The predicted molar refractivity (Wildman–Crippen MR) is 150 cm³/mol. The van der Waals surface area contributed by atoms with Crippen LogP contribution < -0.4 is 19.5 Å². The first-order valence-electron chi connectivity index (χ1n) is 12.6. The Balaban J connectivity index is 1.52. The van der Waals surface area contributed by atoms with Gasteiger partial charge in [-0.05, 0) is 30.4 Å². The van der Waals surface area contributed by atoms with E-state index in [4.69, 9.17) is 9.47 Å². The average molecular weight is 611 g/mol. The van der Waals surface area contributed by atoms with Crippen molar-refractivity contribution in [1.29, 1.82) is 0 Å². The molecule has 1 saturated carbocycles. The standard InChI is InChI=1S/C25H30N4O8S3/c1-36-16-9-8-14(19(10-16)37-2)12-29-18-7-5-4-6-17(18)21(30)20(25(29)31)23-27-24-22(40(34,35)28-23)15(13-38-24)11-26-39(3,32)33/h8-10,13,17-18,26,30H,4-7,11-12H2,1-3H3,(H,27,28)/t17-,18+/m0/s1. The molecular weight excluding hydrogens is 580 g/mol. The summed E-state index contributed by atoms with van der Waals surface area (Å²) in [7, 11) is -4.80. The summed E-state index contributed by atoms with van der Waals surface area (Å²) >= 11 is 1.05. The predicted octanol–water partition coefficient (Wildman–Crippen LogP) is 2.74. The molecule has 15 heteroatoms. The van der Waals surface area contributed by atoms with Crippen molar-refractivity contribution in [2.45, 2.75) is 49.7 Å². The number of benzene rings is 1. The molecule has 0 bridgehead atoms. The Labute approximate surface area is 236 Å². The van der Waals surface area contributed by atoms with Crippen molar-refractivity contribution in [3.63, 3.8) is 0 Å². The van der Waals surface area contributed by atoms with Crippen molar-refractivity contribution in [2.75, 3.05) is 25.8 Å². The van der Waals surface area contributed by atoms with E-state index in [0.717, 1.165) is 36.0 Å². The number of nitrogens with one attached hydrogen (secondary N) is 2. The van der Waals surface area contributed by atoms with E-state index >= 15 is 0 Å². The van der Waals surface area contributed by atoms with E-state index in [1.54, 1.807) is 24.1 Å². The highest BCUT2D eigenvalue weighted by molar-refractivity contribution is 7.91. The van der Waals surface area contributed by atoms with Crippen LogP contribution in [-0.2, 0) is 37.9 Å². The molecule has 1 amide bonds. The summed E-state index contributed by atoms with van der Waals surface area (Å²) in [5.41, 5.74) is 0.778. The molecule has 12 nitrogen and oxygen atoms in total. The zero-order chi connectivity index (χ0) is 28.8. The molecule has 3 N–H and O–H groups in total. The minimum absolute atomic E-state index is 0.156. The first-order valence-corrected chi connectivity index (χ1v) is 16.8. The SMILES string of the molecule is COc1ccc(CN2C(=O)C(C3=NS(=O)(=O)c4c(CNS(C)(=O)=O)csc4N3)=C(O)[C@H]3CCCC[C@H]32)c(OC)c1. The van der Waals surface area contributed by atoms with Gasteiger partial charge in [-0.1, -0.05) is 12.8 Å². The molecule has 1 fully saturated rings. The second-order valence-corrected chi connectivity index (χ2v) is 14.1. The molecule has 3 aliphatic rings. The number of rotatable bonds is 8. The Kier molecular flexibility index (Phi) is 7.58. The molecule has 1 aromatic carbocycles. The lowest BCUT2D eigenvalue weighted by atomic mass is 9.78. The largest absolute Gasteiger partial charge is 0.511 e. The number of ether oxygens (including phenoxy) is 2. The van der Waals surface area contributed by atoms with Crippen LogP contribution in [0.1, 0.15) is 36.8 Å². The second-order valence-electron chi connectivity index (χ2n) is 9.88. The molecule has 0 spiro atoms. The molecule has 0 unspecified atom stereocenters. The Hall–Kier alpha value is -3.14. The quantitative estimate of drug-likeness (QED) is 0.408. The van der Waals surface area contributed by atoms with Crippen molar-refractivity contribution < 1.29 is 36.2 Å². The highest BCUT2D eigenvalue weighted by Gasteiger charge is 2.46. The number of carbonyl (C=O) groups excluding carboxylic acids is 1. The maximum Gasteiger partial charge on any atom is 0.287 e. The molecule has 3 heterocycles. The summed E-state index contributed by atoms with van der Waals surface area (Å²) in [6, 6.07) is 5.03. The number of fused-ring (bicyclic) bond motifs is 2. The summed E-state index contributed by atoms with van der Waals surface area (Å²) in [5.74, 6) is -0.212. The van der Waals surface area contributed by atoms with Gasteiger partial charge in [0.1, 0.15) is 32.7 Å². The van der Waals surface area contributed by atoms with Gasteiger partial charge >= 0.3 is 0 Å². The van der Waals surface area contributed by atoms with Crippen LogP contribution in [0.2, 0.25) is 0 Å². The van der Waals surface area contributed by atoms with E-state index in [1.807, 2.05) is 6.07 Å². The summed E-state index contributed by atoms with van der Waals surface area (Å²) in [4.78, 5) is 15.5. The summed E-state index contributed by atoms with van der Waals surface area (Å²) in [6.07, 6.45) is 4.05. The number of amidine groups is 1. The molecule has 5 rings (SSSR count). The van der Waals surface area contributed by atoms with Crippen molar-refractivity contribution in [2.24, 2.45) is 10.3 Å². The van der Waals surface area contributed by atoms with Gasteiger partial charge in [0.15, 0.2) is 5.84 Å². The normalized spacial score (nSPS) is 22.2. The van der Waals surface area contributed by atoms with E-state index in [0.29, 0.717) is 24.3 Å². The molecule has 216 valence electrons. The van der Waals surface area contributed by atoms with Crippen molar-refractivity contribution in [3.05, 3.63) is 46.0 Å². The third-order valence-electron chi connectivity index (χ3n) is 7.33. The zero-order valence-electron chi connectivity index (χ0n) is 22.1. The lowest BCUT2D eigenvalue weighted by Crippen LogP contribution is -2.52. The molecule has 1 aromatic heterocycles. The fraction of sp³-hybridized carbons (Fsp3) is 0.440. The molecule has 1 aliphatic carbocycles. The number of carbonyl (C=O) groups is 1. The smallest absolute Gasteiger partial charge is 0.287 e. The molecule has 2 aromatic rings. The van der Waals surface area contributed by atoms with Gasteiger partial charge in [-0.15, -0.1) is 15.7 Å². The van der Waals surface area contributed by atoms with Crippen LogP contribution in [0.3, 0.4) is 0 Å². The Morgan fingerprint density at radius 3 is 2.65 bits per heavy atom. The van der Waals surface area contributed by atoms with Gasteiger partial charge in [0.05, 0.1) is 20.5 Å². The van der Waals surface area contributed by atoms with Gasteiger partial charge in [0.2, 0.25) is 10.0 Å². The van der Waals surface area contributed by atoms with Gasteiger partial charge in [-0.25, -0.2) is 13.1 Å². The first-order chi connectivity index (χ1) is 18.9. The maximum atomic E-state index is 14.0. The summed E-state index contributed by atoms with van der Waals surface area (Å²) < 4.78 is 66.7. The highest BCUT2D eigenvalue weighted by atomic mass is 32.2. The zero-order valence-corrected chi connectivity index (χ0v) is 24.6. The van der Waals surface area contributed by atoms with Crippen LogP contribution >= 0.6 is 11.3 Å². The third kappa shape index (κ3) is 5.30. The molecule has 2 aliphatic heterocycles. The van der Waals surface area contributed by atoms with Crippen LogP contribution in [-0.4, -0.2) is 65.1 Å². The van der Waals surface area contributed by atoms with E-state index in [-0.39, 0.29) is 57.7 Å². The minimum Gasteiger partial charge on any atom is -0.511 e. The van der Waals surface area contributed by atoms with Crippen molar-refractivity contribution in [3.8, 4) is 11.5 Å². The Morgan fingerprint density at radius 2 is 1.95 bits per heavy atom. The number of hydrogen-bond donors (Lipinski definition) is 3. The van der Waals surface area contributed by atoms with E-state index < -0.39 is 26.0 Å². The van der Waals surface area contributed by atoms with Gasteiger partial charge in [0, 0.05) is 42.2 Å². The molecule has 0 radical (unpaired) electrons. The summed E-state index contributed by atoms with van der Waals surface area (Å²) in [6.45, 7) is -0.0555. The number of anilines is 1. The molecule has 2 atom stereocenters. The van der Waals surface area contributed by atoms with E-state index in [1.165, 1.54) is 12.5 Å². The Bertz CT molecular complexity index is 1630. The van der Waals surface area contributed by atoms with Gasteiger partial charge in [0.25, 0.3) is 15.9 Å². The Morgan fingerprint density at radius 1 is 1.20 bits per heavy atom. The monoisotopic (exact) mass is 610 g/mol. The molecule has 40 heavy (non-hydrogen) atoms. The highest BCUT2D eigenvalue weighted by Crippen LogP contribution is 2.43. The third-order valence-corrected chi connectivity index (χ3v) is 10.5. The minimum atomic E-state index is -4.32.